The first-order chi connectivity index (χ1) is 12.5. The maximum atomic E-state index is 13.2. The molecule has 0 atom stereocenters. The summed E-state index contributed by atoms with van der Waals surface area (Å²) in [7, 11) is 2.16. The average Bonchev–Trinajstić information content (AvgIpc) is 2.64. The second-order valence-electron chi connectivity index (χ2n) is 7.34. The summed E-state index contributed by atoms with van der Waals surface area (Å²) in [5, 5.41) is 0. The highest BCUT2D eigenvalue weighted by molar-refractivity contribution is 9.10. The average molecular weight is 452 g/mol. The number of amides is 1. The van der Waals surface area contributed by atoms with Crippen LogP contribution in [0.4, 0.5) is 0 Å². The van der Waals surface area contributed by atoms with Crippen molar-refractivity contribution in [3.05, 3.63) is 69.7 Å². The topological polar surface area (TPSA) is 23.6 Å². The standard InChI is InChI=1S/C22H27BrN2O.ClH/c1-17-3-5-19(6-4-17)16-25(21-11-13-24(2)14-12-21)22(26)15-18-7-9-20(23)10-8-18;/h3-10,21H,11-16H2,1-2H3;1H. The molecule has 0 aromatic heterocycles. The molecule has 0 bridgehead atoms. The van der Waals surface area contributed by atoms with Gasteiger partial charge in [0.1, 0.15) is 0 Å². The summed E-state index contributed by atoms with van der Waals surface area (Å²) in [5.74, 6) is 0.224. The van der Waals surface area contributed by atoms with E-state index < -0.39 is 0 Å². The van der Waals surface area contributed by atoms with Crippen LogP contribution in [0.5, 0.6) is 0 Å². The van der Waals surface area contributed by atoms with Crippen LogP contribution in [-0.4, -0.2) is 41.9 Å². The first-order valence-corrected chi connectivity index (χ1v) is 10.1. The molecule has 1 aliphatic rings. The predicted octanol–water partition coefficient (Wildman–Crippen LogP) is 4.84. The molecule has 3 rings (SSSR count). The van der Waals surface area contributed by atoms with Gasteiger partial charge in [0.15, 0.2) is 0 Å². The number of hydrogen-bond donors (Lipinski definition) is 0. The van der Waals surface area contributed by atoms with E-state index >= 15 is 0 Å². The zero-order valence-corrected chi connectivity index (χ0v) is 18.4. The molecule has 1 fully saturated rings. The van der Waals surface area contributed by atoms with Crippen molar-refractivity contribution in [2.24, 2.45) is 0 Å². The van der Waals surface area contributed by atoms with Crippen LogP contribution in [0.25, 0.3) is 0 Å². The predicted molar refractivity (Wildman–Crippen MR) is 117 cm³/mol. The number of aryl methyl sites for hydroxylation is 1. The Morgan fingerprint density at radius 1 is 1.04 bits per heavy atom. The van der Waals surface area contributed by atoms with Crippen molar-refractivity contribution in [2.75, 3.05) is 20.1 Å². The first-order valence-electron chi connectivity index (χ1n) is 9.29. The van der Waals surface area contributed by atoms with Gasteiger partial charge in [0.25, 0.3) is 0 Å². The fourth-order valence-corrected chi connectivity index (χ4v) is 3.76. The third kappa shape index (κ3) is 6.34. The minimum absolute atomic E-state index is 0. The van der Waals surface area contributed by atoms with Gasteiger partial charge in [0.2, 0.25) is 5.91 Å². The van der Waals surface area contributed by atoms with Gasteiger partial charge in [-0.2, -0.15) is 0 Å². The van der Waals surface area contributed by atoms with Crippen LogP contribution in [0.2, 0.25) is 0 Å². The molecule has 1 saturated heterocycles. The number of halogens is 2. The molecule has 146 valence electrons. The van der Waals surface area contributed by atoms with Crippen LogP contribution < -0.4 is 0 Å². The van der Waals surface area contributed by atoms with E-state index in [1.165, 1.54) is 11.1 Å². The Labute approximate surface area is 177 Å². The molecular formula is C22H28BrClN2O. The summed E-state index contributed by atoms with van der Waals surface area (Å²) in [6, 6.07) is 16.9. The van der Waals surface area contributed by atoms with E-state index in [2.05, 4.69) is 64.0 Å². The molecule has 27 heavy (non-hydrogen) atoms. The molecule has 1 aliphatic heterocycles. The Kier molecular flexibility index (Phi) is 8.33. The van der Waals surface area contributed by atoms with Crippen molar-refractivity contribution in [1.29, 1.82) is 0 Å². The van der Waals surface area contributed by atoms with Gasteiger partial charge < -0.3 is 9.80 Å². The molecule has 2 aromatic rings. The highest BCUT2D eigenvalue weighted by Crippen LogP contribution is 2.21. The normalized spacial score (nSPS) is 15.2. The van der Waals surface area contributed by atoms with Gasteiger partial charge in [0.05, 0.1) is 6.42 Å². The van der Waals surface area contributed by atoms with E-state index in [-0.39, 0.29) is 18.3 Å². The SMILES string of the molecule is Cc1ccc(CN(C(=O)Cc2ccc(Br)cc2)C2CCN(C)CC2)cc1.Cl. The van der Waals surface area contributed by atoms with Crippen molar-refractivity contribution in [3.8, 4) is 0 Å². The van der Waals surface area contributed by atoms with E-state index in [9.17, 15) is 4.79 Å². The van der Waals surface area contributed by atoms with Gasteiger partial charge in [-0.05, 0) is 63.2 Å². The maximum absolute atomic E-state index is 13.2. The summed E-state index contributed by atoms with van der Waals surface area (Å²) >= 11 is 3.46. The van der Waals surface area contributed by atoms with Crippen molar-refractivity contribution in [1.82, 2.24) is 9.80 Å². The lowest BCUT2D eigenvalue weighted by molar-refractivity contribution is -0.134. The highest BCUT2D eigenvalue weighted by Gasteiger charge is 2.27. The third-order valence-electron chi connectivity index (χ3n) is 5.19. The second kappa shape index (κ2) is 10.3. The number of hydrogen-bond acceptors (Lipinski definition) is 2. The number of benzene rings is 2. The fourth-order valence-electron chi connectivity index (χ4n) is 3.50. The molecule has 1 heterocycles. The molecule has 5 heteroatoms. The molecule has 0 aliphatic carbocycles. The lowest BCUT2D eigenvalue weighted by atomic mass is 10.0. The second-order valence-corrected chi connectivity index (χ2v) is 8.26. The third-order valence-corrected chi connectivity index (χ3v) is 5.72. The number of likely N-dealkylation sites (tertiary alicyclic amines) is 1. The van der Waals surface area contributed by atoms with E-state index in [1.807, 2.05) is 24.3 Å². The molecule has 0 radical (unpaired) electrons. The van der Waals surface area contributed by atoms with Crippen molar-refractivity contribution in [3.63, 3.8) is 0 Å². The highest BCUT2D eigenvalue weighted by atomic mass is 79.9. The fraction of sp³-hybridized carbons (Fsp3) is 0.409. The number of carbonyl (C=O) groups excluding carboxylic acids is 1. The van der Waals surface area contributed by atoms with Crippen LogP contribution in [-0.2, 0) is 17.8 Å². The van der Waals surface area contributed by atoms with Gasteiger partial charge in [0, 0.05) is 17.1 Å². The summed E-state index contributed by atoms with van der Waals surface area (Å²) < 4.78 is 1.04. The minimum Gasteiger partial charge on any atom is -0.335 e. The van der Waals surface area contributed by atoms with E-state index in [1.54, 1.807) is 0 Å². The van der Waals surface area contributed by atoms with Crippen LogP contribution in [0.15, 0.2) is 53.0 Å². The number of rotatable bonds is 5. The molecule has 0 unspecified atom stereocenters. The van der Waals surface area contributed by atoms with Crippen LogP contribution in [0, 0.1) is 6.92 Å². The Morgan fingerprint density at radius 2 is 1.59 bits per heavy atom. The zero-order chi connectivity index (χ0) is 18.5. The van der Waals surface area contributed by atoms with E-state index in [4.69, 9.17) is 0 Å². The van der Waals surface area contributed by atoms with Gasteiger partial charge in [-0.1, -0.05) is 57.9 Å². The monoisotopic (exact) mass is 450 g/mol. The maximum Gasteiger partial charge on any atom is 0.227 e. The van der Waals surface area contributed by atoms with E-state index in [0.717, 1.165) is 36.0 Å². The quantitative estimate of drug-likeness (QED) is 0.649. The van der Waals surface area contributed by atoms with Gasteiger partial charge in [-0.3, -0.25) is 4.79 Å². The van der Waals surface area contributed by atoms with Crippen LogP contribution in [0.3, 0.4) is 0 Å². The molecule has 0 spiro atoms. The number of carbonyl (C=O) groups is 1. The van der Waals surface area contributed by atoms with Crippen molar-refractivity contribution in [2.45, 2.75) is 38.8 Å². The summed E-state index contributed by atoms with van der Waals surface area (Å²) in [6.07, 6.45) is 2.56. The Bertz CT molecular complexity index is 725. The summed E-state index contributed by atoms with van der Waals surface area (Å²) in [6.45, 7) is 4.91. The van der Waals surface area contributed by atoms with Crippen molar-refractivity contribution >= 4 is 34.2 Å². The number of nitrogens with zero attached hydrogens (tertiary/aromatic N) is 2. The van der Waals surface area contributed by atoms with Gasteiger partial charge >= 0.3 is 0 Å². The summed E-state index contributed by atoms with van der Waals surface area (Å²) in [4.78, 5) is 17.6. The Morgan fingerprint density at radius 3 is 2.19 bits per heavy atom. The lowest BCUT2D eigenvalue weighted by Gasteiger charge is -2.37. The van der Waals surface area contributed by atoms with E-state index in [0.29, 0.717) is 19.0 Å². The molecule has 0 N–H and O–H groups in total. The van der Waals surface area contributed by atoms with Gasteiger partial charge in [-0.15, -0.1) is 12.4 Å². The minimum atomic E-state index is 0. The molecular weight excluding hydrogens is 424 g/mol. The van der Waals surface area contributed by atoms with Crippen LogP contribution in [0.1, 0.15) is 29.5 Å². The van der Waals surface area contributed by atoms with Gasteiger partial charge in [-0.25, -0.2) is 0 Å². The first kappa shape index (κ1) is 21.9. The van der Waals surface area contributed by atoms with Crippen molar-refractivity contribution < 1.29 is 4.79 Å². The lowest BCUT2D eigenvalue weighted by Crippen LogP contribution is -2.46. The molecule has 0 saturated carbocycles. The molecule has 1 amide bonds. The smallest absolute Gasteiger partial charge is 0.227 e. The zero-order valence-electron chi connectivity index (χ0n) is 16.0. The molecule has 2 aromatic carbocycles. The Balaban J connectivity index is 0.00000261. The summed E-state index contributed by atoms with van der Waals surface area (Å²) in [5.41, 5.74) is 3.53. The number of piperidine rings is 1. The largest absolute Gasteiger partial charge is 0.335 e. The van der Waals surface area contributed by atoms with Crippen LogP contribution >= 0.6 is 28.3 Å². The molecule has 3 nitrogen and oxygen atoms in total. The Hall–Kier alpha value is -1.36.